The van der Waals surface area contributed by atoms with Gasteiger partial charge in [0, 0.05) is 17.6 Å². The van der Waals surface area contributed by atoms with Crippen molar-refractivity contribution < 1.29 is 4.79 Å². The lowest BCUT2D eigenvalue weighted by Crippen LogP contribution is -2.30. The molecule has 0 aliphatic heterocycles. The Hall–Kier alpha value is -0.750. The number of hydrogen-bond donors (Lipinski definition) is 1. The van der Waals surface area contributed by atoms with Crippen molar-refractivity contribution in [3.63, 3.8) is 0 Å². The molecule has 2 rings (SSSR count). The zero-order chi connectivity index (χ0) is 14.7. The summed E-state index contributed by atoms with van der Waals surface area (Å²) >= 11 is 16.7. The Morgan fingerprint density at radius 1 is 1.30 bits per heavy atom. The van der Waals surface area contributed by atoms with Crippen molar-refractivity contribution in [2.45, 2.75) is 6.54 Å². The van der Waals surface area contributed by atoms with Gasteiger partial charge in [-0.1, -0.05) is 23.2 Å². The zero-order valence-corrected chi connectivity index (χ0v) is 14.4. The molecule has 0 aliphatic carbocycles. The summed E-state index contributed by atoms with van der Waals surface area (Å²) in [6, 6.07) is 8.73. The van der Waals surface area contributed by atoms with E-state index in [1.807, 2.05) is 12.1 Å². The number of thiophene rings is 1. The summed E-state index contributed by atoms with van der Waals surface area (Å²) < 4.78 is 1.05. The van der Waals surface area contributed by atoms with Crippen molar-refractivity contribution in [3.8, 4) is 0 Å². The lowest BCUT2D eigenvalue weighted by molar-refractivity contribution is 0.221. The topological polar surface area (TPSA) is 32.3 Å². The second kappa shape index (κ2) is 6.80. The molecule has 0 fully saturated rings. The van der Waals surface area contributed by atoms with Crippen LogP contribution in [0.25, 0.3) is 0 Å². The minimum Gasteiger partial charge on any atom is -0.322 e. The van der Waals surface area contributed by atoms with Crippen LogP contribution in [0.3, 0.4) is 0 Å². The molecule has 0 spiro atoms. The van der Waals surface area contributed by atoms with Gasteiger partial charge in [-0.2, -0.15) is 0 Å². The molecule has 106 valence electrons. The molecule has 1 heterocycles. The van der Waals surface area contributed by atoms with Crippen LogP contribution < -0.4 is 5.32 Å². The molecule has 2 aromatic rings. The summed E-state index contributed by atoms with van der Waals surface area (Å²) in [6.07, 6.45) is 0. The number of nitrogens with one attached hydrogen (secondary N) is 1. The van der Waals surface area contributed by atoms with E-state index in [-0.39, 0.29) is 6.03 Å². The van der Waals surface area contributed by atoms with E-state index in [0.29, 0.717) is 22.3 Å². The Morgan fingerprint density at radius 3 is 2.65 bits per heavy atom. The average molecular weight is 394 g/mol. The van der Waals surface area contributed by atoms with Gasteiger partial charge in [0.1, 0.15) is 0 Å². The number of anilines is 1. The molecule has 20 heavy (non-hydrogen) atoms. The molecule has 2 amide bonds. The fourth-order valence-electron chi connectivity index (χ4n) is 1.54. The van der Waals surface area contributed by atoms with E-state index in [1.165, 1.54) is 0 Å². The molecule has 1 N–H and O–H groups in total. The third-order valence-electron chi connectivity index (χ3n) is 2.54. The van der Waals surface area contributed by atoms with E-state index in [1.54, 1.807) is 41.5 Å². The SMILES string of the molecule is CN(Cc1ccc(Br)s1)C(=O)Nc1ccc(Cl)c(Cl)c1. The smallest absolute Gasteiger partial charge is 0.321 e. The quantitative estimate of drug-likeness (QED) is 0.735. The summed E-state index contributed by atoms with van der Waals surface area (Å²) in [5.41, 5.74) is 0.614. The molecule has 0 aliphatic rings. The number of rotatable bonds is 3. The van der Waals surface area contributed by atoms with Gasteiger partial charge in [-0.15, -0.1) is 11.3 Å². The van der Waals surface area contributed by atoms with Crippen molar-refractivity contribution >= 4 is 62.2 Å². The number of carbonyl (C=O) groups is 1. The number of nitrogens with zero attached hydrogens (tertiary/aromatic N) is 1. The van der Waals surface area contributed by atoms with Crippen LogP contribution in [0.5, 0.6) is 0 Å². The molecule has 1 aromatic heterocycles. The van der Waals surface area contributed by atoms with Gasteiger partial charge in [0.15, 0.2) is 0 Å². The predicted octanol–water partition coefficient (Wildman–Crippen LogP) is 5.48. The first-order chi connectivity index (χ1) is 9.45. The molecule has 0 unspecified atom stereocenters. The maximum absolute atomic E-state index is 12.1. The predicted molar refractivity (Wildman–Crippen MR) is 89.0 cm³/mol. The molecular weight excluding hydrogens is 383 g/mol. The van der Waals surface area contributed by atoms with E-state index in [2.05, 4.69) is 21.2 Å². The third kappa shape index (κ3) is 4.12. The van der Waals surface area contributed by atoms with Crippen LogP contribution in [0.15, 0.2) is 34.1 Å². The second-order valence-electron chi connectivity index (χ2n) is 4.12. The van der Waals surface area contributed by atoms with Gasteiger partial charge in [-0.25, -0.2) is 4.79 Å². The van der Waals surface area contributed by atoms with E-state index in [9.17, 15) is 4.79 Å². The van der Waals surface area contributed by atoms with E-state index in [4.69, 9.17) is 23.2 Å². The number of amides is 2. The van der Waals surface area contributed by atoms with Crippen LogP contribution in [-0.4, -0.2) is 18.0 Å². The molecule has 7 heteroatoms. The summed E-state index contributed by atoms with van der Waals surface area (Å²) in [5.74, 6) is 0. The monoisotopic (exact) mass is 392 g/mol. The standard InChI is InChI=1S/C13H11BrCl2N2OS/c1-18(7-9-3-5-12(14)20-9)13(19)17-8-2-4-10(15)11(16)6-8/h2-6H,7H2,1H3,(H,17,19). The molecule has 0 atom stereocenters. The van der Waals surface area contributed by atoms with Gasteiger partial charge < -0.3 is 10.2 Å². The van der Waals surface area contributed by atoms with Crippen LogP contribution in [0.2, 0.25) is 10.0 Å². The number of halogens is 3. The highest BCUT2D eigenvalue weighted by Crippen LogP contribution is 2.26. The van der Waals surface area contributed by atoms with Gasteiger partial charge in [0.05, 0.1) is 20.4 Å². The Bertz CT molecular complexity index is 633. The first-order valence-corrected chi connectivity index (χ1v) is 8.03. The van der Waals surface area contributed by atoms with E-state index >= 15 is 0 Å². The highest BCUT2D eigenvalue weighted by molar-refractivity contribution is 9.11. The number of carbonyl (C=O) groups excluding carboxylic acids is 1. The Labute approximate surface area is 139 Å². The summed E-state index contributed by atoms with van der Waals surface area (Å²) in [6.45, 7) is 0.545. The van der Waals surface area contributed by atoms with Crippen LogP contribution in [-0.2, 0) is 6.54 Å². The van der Waals surface area contributed by atoms with Gasteiger partial charge >= 0.3 is 6.03 Å². The van der Waals surface area contributed by atoms with Crippen LogP contribution >= 0.6 is 50.5 Å². The van der Waals surface area contributed by atoms with Crippen LogP contribution in [0, 0.1) is 0 Å². The van der Waals surface area contributed by atoms with Gasteiger partial charge in [-0.3, -0.25) is 0 Å². The molecule has 0 radical (unpaired) electrons. The zero-order valence-electron chi connectivity index (χ0n) is 10.5. The molecule has 3 nitrogen and oxygen atoms in total. The second-order valence-corrected chi connectivity index (χ2v) is 7.48. The highest BCUT2D eigenvalue weighted by atomic mass is 79.9. The van der Waals surface area contributed by atoms with Gasteiger partial charge in [0.25, 0.3) is 0 Å². The summed E-state index contributed by atoms with van der Waals surface area (Å²) in [5, 5.41) is 3.64. The number of benzene rings is 1. The average Bonchev–Trinajstić information content (AvgIpc) is 2.79. The minimum atomic E-state index is -0.201. The van der Waals surface area contributed by atoms with Crippen molar-refractivity contribution in [1.82, 2.24) is 4.90 Å². The lowest BCUT2D eigenvalue weighted by atomic mass is 10.3. The lowest BCUT2D eigenvalue weighted by Gasteiger charge is -2.17. The molecule has 0 saturated carbocycles. The van der Waals surface area contributed by atoms with Crippen molar-refractivity contribution in [3.05, 3.63) is 49.0 Å². The van der Waals surface area contributed by atoms with Crippen LogP contribution in [0.1, 0.15) is 4.88 Å². The Morgan fingerprint density at radius 2 is 2.05 bits per heavy atom. The molecule has 1 aromatic carbocycles. The fourth-order valence-corrected chi connectivity index (χ4v) is 3.37. The number of urea groups is 1. The summed E-state index contributed by atoms with van der Waals surface area (Å²) in [7, 11) is 1.74. The maximum atomic E-state index is 12.1. The fraction of sp³-hybridized carbons (Fsp3) is 0.154. The van der Waals surface area contributed by atoms with Gasteiger partial charge in [0.2, 0.25) is 0 Å². The molecule has 0 saturated heterocycles. The maximum Gasteiger partial charge on any atom is 0.321 e. The Kier molecular flexibility index (Phi) is 5.32. The van der Waals surface area contributed by atoms with Crippen LogP contribution in [0.4, 0.5) is 10.5 Å². The van der Waals surface area contributed by atoms with E-state index < -0.39 is 0 Å². The highest BCUT2D eigenvalue weighted by Gasteiger charge is 2.11. The first kappa shape index (κ1) is 15.6. The van der Waals surface area contributed by atoms with E-state index in [0.717, 1.165) is 8.66 Å². The normalized spacial score (nSPS) is 10.4. The molecule has 0 bridgehead atoms. The third-order valence-corrected chi connectivity index (χ3v) is 4.89. The Balaban J connectivity index is 1.98. The minimum absolute atomic E-state index is 0.201. The van der Waals surface area contributed by atoms with Crippen molar-refractivity contribution in [2.75, 3.05) is 12.4 Å². The van der Waals surface area contributed by atoms with Crippen molar-refractivity contribution in [2.24, 2.45) is 0 Å². The number of hydrogen-bond acceptors (Lipinski definition) is 2. The van der Waals surface area contributed by atoms with Gasteiger partial charge in [-0.05, 0) is 46.3 Å². The molecular formula is C13H11BrCl2N2OS. The largest absolute Gasteiger partial charge is 0.322 e. The summed E-state index contributed by atoms with van der Waals surface area (Å²) in [4.78, 5) is 14.8. The van der Waals surface area contributed by atoms with Crippen molar-refractivity contribution in [1.29, 1.82) is 0 Å². The first-order valence-electron chi connectivity index (χ1n) is 5.67.